The highest BCUT2D eigenvalue weighted by atomic mass is 16.5. The molecule has 0 saturated carbocycles. The van der Waals surface area contributed by atoms with Crippen molar-refractivity contribution in [3.63, 3.8) is 0 Å². The second kappa shape index (κ2) is 12.0. The van der Waals surface area contributed by atoms with Gasteiger partial charge in [0.1, 0.15) is 11.5 Å². The van der Waals surface area contributed by atoms with Gasteiger partial charge in [-0.15, -0.1) is 0 Å². The number of hydrogen-bond donors (Lipinski definition) is 0. The van der Waals surface area contributed by atoms with Crippen LogP contribution >= 0.6 is 0 Å². The van der Waals surface area contributed by atoms with Gasteiger partial charge in [-0.2, -0.15) is 0 Å². The molecule has 54 heavy (non-hydrogen) atoms. The minimum Gasteiger partial charge on any atom is -0.457 e. The van der Waals surface area contributed by atoms with Crippen molar-refractivity contribution in [1.82, 2.24) is 9.97 Å². The molecule has 2 heterocycles. The summed E-state index contributed by atoms with van der Waals surface area (Å²) in [4.78, 5) is 10.2. The van der Waals surface area contributed by atoms with Gasteiger partial charge in [0, 0.05) is 27.8 Å². The minimum atomic E-state index is -0.467. The monoisotopic (exact) mass is 688 g/mol. The third-order valence-corrected chi connectivity index (χ3v) is 11.2. The van der Waals surface area contributed by atoms with Crippen molar-refractivity contribution < 1.29 is 4.74 Å². The number of para-hydroxylation sites is 1. The van der Waals surface area contributed by atoms with Crippen LogP contribution in [-0.4, -0.2) is 9.97 Å². The first-order valence-electron chi connectivity index (χ1n) is 18.4. The van der Waals surface area contributed by atoms with Crippen LogP contribution in [0.15, 0.2) is 194 Å². The van der Waals surface area contributed by atoms with Crippen LogP contribution in [0.3, 0.4) is 0 Å². The number of nitrogens with zero attached hydrogens (tertiary/aromatic N) is 2. The van der Waals surface area contributed by atoms with E-state index < -0.39 is 5.41 Å². The summed E-state index contributed by atoms with van der Waals surface area (Å²) in [5.74, 6) is 2.48. The zero-order chi connectivity index (χ0) is 35.6. The maximum Gasteiger partial charge on any atom is 0.160 e. The summed E-state index contributed by atoms with van der Waals surface area (Å²) in [5.41, 5.74) is 14.1. The Hall–Kier alpha value is -7.10. The molecule has 8 aromatic carbocycles. The molecule has 0 saturated heterocycles. The second-order valence-electron chi connectivity index (χ2n) is 14.1. The van der Waals surface area contributed by atoms with Gasteiger partial charge < -0.3 is 4.74 Å². The fourth-order valence-electron chi connectivity index (χ4n) is 8.77. The molecule has 0 unspecified atom stereocenters. The first kappa shape index (κ1) is 30.5. The molecule has 1 aliphatic heterocycles. The van der Waals surface area contributed by atoms with E-state index in [0.29, 0.717) is 5.82 Å². The summed E-state index contributed by atoms with van der Waals surface area (Å²) in [5, 5.41) is 2.35. The van der Waals surface area contributed by atoms with Crippen LogP contribution in [0.25, 0.3) is 66.9 Å². The molecule has 0 atom stereocenters. The molecular weight excluding hydrogens is 657 g/mol. The van der Waals surface area contributed by atoms with Gasteiger partial charge in [0.25, 0.3) is 0 Å². The number of hydrogen-bond acceptors (Lipinski definition) is 3. The van der Waals surface area contributed by atoms with Crippen LogP contribution in [0.2, 0.25) is 0 Å². The highest BCUT2D eigenvalue weighted by Gasteiger charge is 2.50. The Balaban J connectivity index is 1.02. The minimum absolute atomic E-state index is 0.467. The third kappa shape index (κ3) is 4.55. The normalized spacial score (nSPS) is 13.1. The molecular formula is C51H32N2O. The Bertz CT molecular complexity index is 2860. The SMILES string of the molecule is c1ccc(-c2nc(-c3ccc(-c4ccc5c(c4)Oc4ccccc4C54c5ccccc5-c5ccccc54)cc3)cc(-c3cccc4ccccc34)n2)cc1. The Morgan fingerprint density at radius 1 is 0.352 bits per heavy atom. The quantitative estimate of drug-likeness (QED) is 0.185. The van der Waals surface area contributed by atoms with Crippen molar-refractivity contribution in [2.45, 2.75) is 5.41 Å². The lowest BCUT2D eigenvalue weighted by Crippen LogP contribution is -2.32. The van der Waals surface area contributed by atoms with Crippen LogP contribution < -0.4 is 4.74 Å². The molecule has 0 N–H and O–H groups in total. The summed E-state index contributed by atoms with van der Waals surface area (Å²) in [7, 11) is 0. The van der Waals surface area contributed by atoms with E-state index in [1.165, 1.54) is 38.6 Å². The van der Waals surface area contributed by atoms with E-state index in [1.807, 2.05) is 18.2 Å². The van der Waals surface area contributed by atoms with E-state index in [-0.39, 0.29) is 0 Å². The summed E-state index contributed by atoms with van der Waals surface area (Å²) < 4.78 is 6.77. The molecule has 9 aromatic rings. The van der Waals surface area contributed by atoms with Gasteiger partial charge in [-0.25, -0.2) is 9.97 Å². The van der Waals surface area contributed by atoms with Gasteiger partial charge in [-0.05, 0) is 62.4 Å². The van der Waals surface area contributed by atoms with Gasteiger partial charge >= 0.3 is 0 Å². The second-order valence-corrected chi connectivity index (χ2v) is 14.1. The van der Waals surface area contributed by atoms with E-state index in [1.54, 1.807) is 0 Å². The smallest absolute Gasteiger partial charge is 0.160 e. The first-order valence-corrected chi connectivity index (χ1v) is 18.4. The van der Waals surface area contributed by atoms with Crippen LogP contribution in [0, 0.1) is 0 Å². The Morgan fingerprint density at radius 2 is 0.926 bits per heavy atom. The largest absolute Gasteiger partial charge is 0.457 e. The summed E-state index contributed by atoms with van der Waals surface area (Å²) in [6, 6.07) is 68.8. The van der Waals surface area contributed by atoms with Gasteiger partial charge in [0.05, 0.1) is 16.8 Å². The lowest BCUT2D eigenvalue weighted by atomic mass is 9.66. The molecule has 0 fully saturated rings. The summed E-state index contributed by atoms with van der Waals surface area (Å²) in [6.45, 7) is 0. The van der Waals surface area contributed by atoms with Gasteiger partial charge in [-0.1, -0.05) is 176 Å². The molecule has 1 spiro atoms. The molecule has 1 aromatic heterocycles. The van der Waals surface area contributed by atoms with Gasteiger partial charge in [0.2, 0.25) is 0 Å². The van der Waals surface area contributed by atoms with E-state index in [4.69, 9.17) is 14.7 Å². The van der Waals surface area contributed by atoms with Crippen LogP contribution in [0.1, 0.15) is 22.3 Å². The van der Waals surface area contributed by atoms with Crippen molar-refractivity contribution in [3.05, 3.63) is 216 Å². The number of rotatable bonds is 4. The fraction of sp³-hybridized carbons (Fsp3) is 0.0196. The van der Waals surface area contributed by atoms with Gasteiger partial charge in [-0.3, -0.25) is 0 Å². The average Bonchev–Trinajstić information content (AvgIpc) is 3.54. The first-order chi connectivity index (χ1) is 26.8. The Labute approximate surface area is 313 Å². The zero-order valence-electron chi connectivity index (χ0n) is 29.3. The summed E-state index contributed by atoms with van der Waals surface area (Å²) >= 11 is 0. The topological polar surface area (TPSA) is 35.0 Å². The number of ether oxygens (including phenoxy) is 1. The molecule has 3 heteroatoms. The number of benzene rings is 8. The molecule has 1 aliphatic carbocycles. The number of fused-ring (bicyclic) bond motifs is 10. The molecule has 11 rings (SSSR count). The fourth-order valence-corrected chi connectivity index (χ4v) is 8.77. The van der Waals surface area contributed by atoms with Gasteiger partial charge in [0.15, 0.2) is 5.82 Å². The predicted molar refractivity (Wildman–Crippen MR) is 219 cm³/mol. The Kier molecular flexibility index (Phi) is 6.77. The molecule has 0 radical (unpaired) electrons. The maximum atomic E-state index is 6.77. The van der Waals surface area contributed by atoms with Crippen molar-refractivity contribution in [1.29, 1.82) is 0 Å². The van der Waals surface area contributed by atoms with E-state index in [2.05, 4.69) is 176 Å². The third-order valence-electron chi connectivity index (χ3n) is 11.2. The average molecular weight is 689 g/mol. The standard InChI is InChI=1S/C51H32N2O/c1-2-14-36(15-3-1)50-52-46(32-47(53-50)41-20-12-16-34-13-4-5-17-38(34)41)35-27-25-33(26-28-35)37-29-30-45-49(31-37)54-48-24-11-10-23-44(48)51(45)42-21-8-6-18-39(42)40-19-7-9-22-43(40)51/h1-32H. The zero-order valence-corrected chi connectivity index (χ0v) is 29.3. The molecule has 3 nitrogen and oxygen atoms in total. The molecule has 2 aliphatic rings. The maximum absolute atomic E-state index is 6.77. The number of aromatic nitrogens is 2. The highest BCUT2D eigenvalue weighted by Crippen LogP contribution is 2.62. The molecule has 252 valence electrons. The Morgan fingerprint density at radius 3 is 1.72 bits per heavy atom. The van der Waals surface area contributed by atoms with Crippen LogP contribution in [0.5, 0.6) is 11.5 Å². The highest BCUT2D eigenvalue weighted by molar-refractivity contribution is 5.96. The van der Waals surface area contributed by atoms with Crippen LogP contribution in [-0.2, 0) is 5.41 Å². The van der Waals surface area contributed by atoms with Crippen molar-refractivity contribution in [3.8, 4) is 67.7 Å². The molecule has 0 bridgehead atoms. The van der Waals surface area contributed by atoms with E-state index in [9.17, 15) is 0 Å². The van der Waals surface area contributed by atoms with Crippen LogP contribution in [0.4, 0.5) is 0 Å². The summed E-state index contributed by atoms with van der Waals surface area (Å²) in [6.07, 6.45) is 0. The molecule has 0 amide bonds. The lowest BCUT2D eigenvalue weighted by Gasteiger charge is -2.39. The van der Waals surface area contributed by atoms with Crippen molar-refractivity contribution >= 4 is 10.8 Å². The van der Waals surface area contributed by atoms with Crippen molar-refractivity contribution in [2.75, 3.05) is 0 Å². The lowest BCUT2D eigenvalue weighted by molar-refractivity contribution is 0.436. The predicted octanol–water partition coefficient (Wildman–Crippen LogP) is 12.8. The van der Waals surface area contributed by atoms with Crippen molar-refractivity contribution in [2.24, 2.45) is 0 Å². The van der Waals surface area contributed by atoms with E-state index >= 15 is 0 Å². The van der Waals surface area contributed by atoms with E-state index in [0.717, 1.165) is 56.3 Å².